The molecule has 3 aromatic rings. The quantitative estimate of drug-likeness (QED) is 0.426. The summed E-state index contributed by atoms with van der Waals surface area (Å²) < 4.78 is 13.7. The normalized spacial score (nSPS) is 19.7. The van der Waals surface area contributed by atoms with Gasteiger partial charge < -0.3 is 20.2 Å². The van der Waals surface area contributed by atoms with Gasteiger partial charge in [-0.1, -0.05) is 60.5 Å². The van der Waals surface area contributed by atoms with E-state index < -0.39 is 30.1 Å². The summed E-state index contributed by atoms with van der Waals surface area (Å²) in [5.41, 5.74) is 2.35. The van der Waals surface area contributed by atoms with Crippen molar-refractivity contribution in [3.63, 3.8) is 0 Å². The molecule has 3 unspecified atom stereocenters. The van der Waals surface area contributed by atoms with Crippen LogP contribution in [0.5, 0.6) is 5.75 Å². The molecule has 0 aromatic heterocycles. The Morgan fingerprint density at radius 3 is 2.40 bits per heavy atom. The number of aromatic hydroxyl groups is 1. The van der Waals surface area contributed by atoms with Gasteiger partial charge in [-0.05, 0) is 47.9 Å². The van der Waals surface area contributed by atoms with Crippen molar-refractivity contribution in [1.29, 1.82) is 0 Å². The van der Waals surface area contributed by atoms with Gasteiger partial charge in [0, 0.05) is 13.0 Å². The molecule has 0 aliphatic carbocycles. The van der Waals surface area contributed by atoms with Crippen LogP contribution in [0.25, 0.3) is 0 Å². The first-order valence-electron chi connectivity index (χ1n) is 13.7. The van der Waals surface area contributed by atoms with E-state index in [1.807, 2.05) is 37.3 Å². The van der Waals surface area contributed by atoms with Gasteiger partial charge in [0.25, 0.3) is 0 Å². The van der Waals surface area contributed by atoms with Crippen LogP contribution in [-0.2, 0) is 22.6 Å². The summed E-state index contributed by atoms with van der Waals surface area (Å²) in [6.45, 7) is 1.95. The molecule has 0 saturated carbocycles. The van der Waals surface area contributed by atoms with Gasteiger partial charge in [0.05, 0.1) is 25.7 Å². The van der Waals surface area contributed by atoms with Crippen molar-refractivity contribution in [3.8, 4) is 18.1 Å². The highest BCUT2D eigenvalue weighted by atomic mass is 19.1. The van der Waals surface area contributed by atoms with Gasteiger partial charge >= 0.3 is 6.03 Å². The molecule has 0 spiro atoms. The zero-order valence-corrected chi connectivity index (χ0v) is 23.2. The minimum Gasteiger partial charge on any atom is -0.508 e. The molecule has 42 heavy (non-hydrogen) atoms. The number of nitrogens with zero attached hydrogens (tertiary/aromatic N) is 4. The molecule has 2 fully saturated rings. The van der Waals surface area contributed by atoms with E-state index in [0.29, 0.717) is 5.56 Å². The lowest BCUT2D eigenvalue weighted by Crippen LogP contribution is -2.76. The molecule has 10 heteroatoms. The minimum absolute atomic E-state index is 0.0128. The Kier molecular flexibility index (Phi) is 8.41. The number of amides is 4. The van der Waals surface area contributed by atoms with Crippen LogP contribution < -0.4 is 5.32 Å². The average molecular weight is 570 g/mol. The summed E-state index contributed by atoms with van der Waals surface area (Å²) in [6.07, 6.45) is 4.96. The van der Waals surface area contributed by atoms with Crippen LogP contribution in [0.1, 0.15) is 29.7 Å². The molecular formula is C32H32FN5O4. The molecule has 3 atom stereocenters. The average Bonchev–Trinajstić information content (AvgIpc) is 2.99. The maximum atomic E-state index is 14.1. The Morgan fingerprint density at radius 2 is 1.74 bits per heavy atom. The molecule has 5 rings (SSSR count). The van der Waals surface area contributed by atoms with E-state index in [1.54, 1.807) is 29.2 Å². The molecular weight excluding hydrogens is 537 g/mol. The summed E-state index contributed by atoms with van der Waals surface area (Å²) in [7, 11) is 0. The number of hydrogen-bond donors (Lipinski definition) is 2. The number of terminal acetylenes is 1. The van der Waals surface area contributed by atoms with Gasteiger partial charge in [-0.2, -0.15) is 5.01 Å². The Labute approximate surface area is 244 Å². The Hall–Kier alpha value is -4.88. The van der Waals surface area contributed by atoms with Crippen LogP contribution in [-0.4, -0.2) is 74.6 Å². The Morgan fingerprint density at radius 1 is 1.05 bits per heavy atom. The van der Waals surface area contributed by atoms with Crippen molar-refractivity contribution in [2.45, 2.75) is 38.1 Å². The molecule has 4 amide bonds. The van der Waals surface area contributed by atoms with Gasteiger partial charge in [-0.15, -0.1) is 6.42 Å². The summed E-state index contributed by atoms with van der Waals surface area (Å²) in [5, 5.41) is 15.7. The van der Waals surface area contributed by atoms with Crippen LogP contribution in [0.3, 0.4) is 0 Å². The van der Waals surface area contributed by atoms with E-state index in [4.69, 9.17) is 6.42 Å². The van der Waals surface area contributed by atoms with Crippen molar-refractivity contribution < 1.29 is 23.9 Å². The fourth-order valence-electron chi connectivity index (χ4n) is 5.58. The highest BCUT2D eigenvalue weighted by molar-refractivity contribution is 5.92. The predicted molar refractivity (Wildman–Crippen MR) is 154 cm³/mol. The second kappa shape index (κ2) is 12.3. The third-order valence-electron chi connectivity index (χ3n) is 7.73. The lowest BCUT2D eigenvalue weighted by Gasteiger charge is -2.55. The third kappa shape index (κ3) is 5.92. The van der Waals surface area contributed by atoms with E-state index in [-0.39, 0.29) is 50.2 Å². The van der Waals surface area contributed by atoms with Gasteiger partial charge in [0.2, 0.25) is 11.8 Å². The number of nitrogens with one attached hydrogen (secondary N) is 1. The highest BCUT2D eigenvalue weighted by Gasteiger charge is 2.52. The van der Waals surface area contributed by atoms with Crippen LogP contribution in [0, 0.1) is 18.2 Å². The Balaban J connectivity index is 1.52. The summed E-state index contributed by atoms with van der Waals surface area (Å²) in [6, 6.07) is 19.9. The first kappa shape index (κ1) is 28.6. The van der Waals surface area contributed by atoms with Crippen LogP contribution in [0.4, 0.5) is 9.18 Å². The summed E-state index contributed by atoms with van der Waals surface area (Å²) >= 11 is 0. The molecule has 2 aliphatic heterocycles. The minimum atomic E-state index is -0.930. The summed E-state index contributed by atoms with van der Waals surface area (Å²) in [5.74, 6) is 1.61. The number of hydrazine groups is 1. The summed E-state index contributed by atoms with van der Waals surface area (Å²) in [4.78, 5) is 44.7. The van der Waals surface area contributed by atoms with Crippen molar-refractivity contribution in [3.05, 3.63) is 101 Å². The molecule has 216 valence electrons. The monoisotopic (exact) mass is 569 g/mol. The molecule has 0 radical (unpaired) electrons. The van der Waals surface area contributed by atoms with Crippen molar-refractivity contribution in [1.82, 2.24) is 25.1 Å². The standard InChI is InChI=1S/C32H32FN5O4/c1-3-17-35-21-30(40)37-28(18-23-9-15-27(39)16-10-23)31(41)36(22(2)25-11-13-26(33)14-12-25)20-29(37)38(35)32(42)34-19-24-7-5-4-6-8-24/h1,4-16,22,28-29,39H,17-21H2,2H3,(H,34,42). The topological polar surface area (TPSA) is 96.4 Å². The lowest BCUT2D eigenvalue weighted by molar-refractivity contribution is -0.190. The van der Waals surface area contributed by atoms with E-state index >= 15 is 0 Å². The molecule has 2 saturated heterocycles. The van der Waals surface area contributed by atoms with Crippen molar-refractivity contribution in [2.24, 2.45) is 0 Å². The fraction of sp³-hybridized carbons (Fsp3) is 0.281. The number of hydrogen-bond acceptors (Lipinski definition) is 5. The van der Waals surface area contributed by atoms with Gasteiger partial charge in [0.1, 0.15) is 23.8 Å². The van der Waals surface area contributed by atoms with Gasteiger partial charge in [-0.25, -0.2) is 14.2 Å². The SMILES string of the molecule is C#CCN1CC(=O)N2C(Cc3ccc(O)cc3)C(=O)N(C(C)c3ccc(F)cc3)CC2N1C(=O)NCc1ccccc1. The van der Waals surface area contributed by atoms with Gasteiger partial charge in [-0.3, -0.25) is 9.59 Å². The number of carbonyl (C=O) groups is 3. The lowest BCUT2D eigenvalue weighted by atomic mass is 9.96. The van der Waals surface area contributed by atoms with Crippen LogP contribution in [0.2, 0.25) is 0 Å². The van der Waals surface area contributed by atoms with Gasteiger partial charge in [0.15, 0.2) is 0 Å². The molecule has 2 N–H and O–H groups in total. The van der Waals surface area contributed by atoms with E-state index in [1.165, 1.54) is 39.2 Å². The largest absolute Gasteiger partial charge is 0.508 e. The smallest absolute Gasteiger partial charge is 0.334 e. The number of halogens is 1. The van der Waals surface area contributed by atoms with Crippen LogP contribution >= 0.6 is 0 Å². The van der Waals surface area contributed by atoms with Crippen molar-refractivity contribution >= 4 is 17.8 Å². The molecule has 2 heterocycles. The molecule has 0 bridgehead atoms. The highest BCUT2D eigenvalue weighted by Crippen LogP contribution is 2.33. The first-order valence-corrected chi connectivity index (χ1v) is 13.7. The maximum Gasteiger partial charge on any atom is 0.334 e. The van der Waals surface area contributed by atoms with Crippen LogP contribution in [0.15, 0.2) is 78.9 Å². The predicted octanol–water partition coefficient (Wildman–Crippen LogP) is 3.28. The zero-order valence-electron chi connectivity index (χ0n) is 23.2. The first-order chi connectivity index (χ1) is 20.3. The third-order valence-corrected chi connectivity index (χ3v) is 7.73. The Bertz CT molecular complexity index is 1480. The number of phenols is 1. The molecule has 2 aliphatic rings. The van der Waals surface area contributed by atoms with Crippen molar-refractivity contribution in [2.75, 3.05) is 19.6 Å². The molecule has 9 nitrogen and oxygen atoms in total. The number of fused-ring (bicyclic) bond motifs is 1. The number of carbonyl (C=O) groups excluding carboxylic acids is 3. The maximum absolute atomic E-state index is 14.1. The fourth-order valence-corrected chi connectivity index (χ4v) is 5.58. The second-order valence-corrected chi connectivity index (χ2v) is 10.4. The number of piperazine rings is 1. The zero-order chi connectivity index (χ0) is 29.8. The number of phenolic OH excluding ortho intramolecular Hbond substituents is 1. The second-order valence-electron chi connectivity index (χ2n) is 10.4. The number of rotatable bonds is 7. The number of urea groups is 1. The van der Waals surface area contributed by atoms with E-state index in [0.717, 1.165) is 11.1 Å². The molecule has 3 aromatic carbocycles. The van der Waals surface area contributed by atoms with E-state index in [2.05, 4.69) is 11.2 Å². The number of benzene rings is 3. The van der Waals surface area contributed by atoms with E-state index in [9.17, 15) is 23.9 Å².